The molecule has 0 saturated carbocycles. The topological polar surface area (TPSA) is 63.4 Å². The lowest BCUT2D eigenvalue weighted by molar-refractivity contribution is -0.139. The molecule has 1 heterocycles. The average molecular weight is 274 g/mol. The predicted molar refractivity (Wildman–Crippen MR) is 71.7 cm³/mol. The minimum Gasteiger partial charge on any atom is -0.320 e. The molecule has 5 heteroatoms. The maximum absolute atomic E-state index is 13.5. The Balaban J connectivity index is 2.23. The second-order valence-corrected chi connectivity index (χ2v) is 4.78. The van der Waals surface area contributed by atoms with Gasteiger partial charge in [-0.05, 0) is 23.8 Å². The Morgan fingerprint density at radius 2 is 2.15 bits per heavy atom. The number of carbonyl (C=O) groups excluding carboxylic acids is 2. The van der Waals surface area contributed by atoms with Crippen LogP contribution in [0.3, 0.4) is 0 Å². The molecular formula is C15H15FN2O2. The minimum absolute atomic E-state index is 0.0804. The zero-order chi connectivity index (χ0) is 14.7. The summed E-state index contributed by atoms with van der Waals surface area (Å²) in [4.78, 5) is 24.7. The van der Waals surface area contributed by atoms with Crippen LogP contribution in [0, 0.1) is 23.6 Å². The Morgan fingerprint density at radius 3 is 2.75 bits per heavy atom. The summed E-state index contributed by atoms with van der Waals surface area (Å²) in [5.41, 5.74) is 6.30. The van der Waals surface area contributed by atoms with Gasteiger partial charge in [-0.15, -0.1) is 0 Å². The van der Waals surface area contributed by atoms with E-state index in [-0.39, 0.29) is 37.2 Å². The zero-order valence-corrected chi connectivity index (χ0v) is 11.1. The maximum Gasteiger partial charge on any atom is 0.232 e. The van der Waals surface area contributed by atoms with E-state index in [2.05, 4.69) is 11.8 Å². The number of hydrogen-bond donors (Lipinski definition) is 1. The van der Waals surface area contributed by atoms with Gasteiger partial charge in [0.2, 0.25) is 11.8 Å². The van der Waals surface area contributed by atoms with Crippen molar-refractivity contribution in [3.8, 4) is 11.8 Å². The molecule has 2 amide bonds. The van der Waals surface area contributed by atoms with Crippen molar-refractivity contribution < 1.29 is 14.0 Å². The standard InChI is InChI=1S/C15H15FN2O2/c1-10-5-14(19)18(15(10)20)9-12-6-11(3-2-4-17)7-13(16)8-12/h6-8,10H,4-5,9,17H2,1H3. The Labute approximate surface area is 116 Å². The fraction of sp³-hybridized carbons (Fsp3) is 0.333. The van der Waals surface area contributed by atoms with Gasteiger partial charge in [0.15, 0.2) is 0 Å². The fourth-order valence-corrected chi connectivity index (χ4v) is 2.16. The van der Waals surface area contributed by atoms with Crippen LogP contribution in [-0.2, 0) is 16.1 Å². The van der Waals surface area contributed by atoms with Gasteiger partial charge in [-0.1, -0.05) is 18.8 Å². The summed E-state index contributed by atoms with van der Waals surface area (Å²) >= 11 is 0. The van der Waals surface area contributed by atoms with E-state index in [0.717, 1.165) is 0 Å². The van der Waals surface area contributed by atoms with Crippen LogP contribution in [0.1, 0.15) is 24.5 Å². The number of nitrogens with zero attached hydrogens (tertiary/aromatic N) is 1. The second kappa shape index (κ2) is 5.85. The lowest BCUT2D eigenvalue weighted by Gasteiger charge is -2.14. The first kappa shape index (κ1) is 14.2. The molecule has 4 nitrogen and oxygen atoms in total. The van der Waals surface area contributed by atoms with Gasteiger partial charge in [0.25, 0.3) is 0 Å². The van der Waals surface area contributed by atoms with Gasteiger partial charge in [-0.3, -0.25) is 14.5 Å². The quantitative estimate of drug-likeness (QED) is 0.647. The SMILES string of the molecule is CC1CC(=O)N(Cc2cc(F)cc(C#CCN)c2)C1=O. The number of likely N-dealkylation sites (tertiary alicyclic amines) is 1. The van der Waals surface area contributed by atoms with E-state index in [1.165, 1.54) is 17.0 Å². The number of imide groups is 1. The van der Waals surface area contributed by atoms with E-state index in [0.29, 0.717) is 11.1 Å². The number of benzene rings is 1. The van der Waals surface area contributed by atoms with Crippen LogP contribution in [0.15, 0.2) is 18.2 Å². The van der Waals surface area contributed by atoms with Crippen LogP contribution >= 0.6 is 0 Å². The third-order valence-corrected chi connectivity index (χ3v) is 3.10. The summed E-state index contributed by atoms with van der Waals surface area (Å²) in [6.45, 7) is 1.98. The highest BCUT2D eigenvalue weighted by Gasteiger charge is 2.35. The van der Waals surface area contributed by atoms with Crippen LogP contribution in [0.5, 0.6) is 0 Å². The molecule has 1 aromatic rings. The van der Waals surface area contributed by atoms with Gasteiger partial charge in [0, 0.05) is 17.9 Å². The van der Waals surface area contributed by atoms with Crippen LogP contribution in [0.2, 0.25) is 0 Å². The first-order chi connectivity index (χ1) is 9.51. The van der Waals surface area contributed by atoms with Crippen molar-refractivity contribution in [2.45, 2.75) is 19.9 Å². The average Bonchev–Trinajstić information content (AvgIpc) is 2.62. The molecule has 0 radical (unpaired) electrons. The molecule has 1 atom stereocenters. The lowest BCUT2D eigenvalue weighted by Crippen LogP contribution is -2.29. The molecule has 1 aliphatic rings. The van der Waals surface area contributed by atoms with Gasteiger partial charge in [0.1, 0.15) is 5.82 Å². The van der Waals surface area contributed by atoms with E-state index in [1.54, 1.807) is 13.0 Å². The number of hydrogen-bond acceptors (Lipinski definition) is 3. The Hall–Kier alpha value is -2.19. The van der Waals surface area contributed by atoms with E-state index >= 15 is 0 Å². The Morgan fingerprint density at radius 1 is 1.40 bits per heavy atom. The van der Waals surface area contributed by atoms with E-state index in [4.69, 9.17) is 5.73 Å². The van der Waals surface area contributed by atoms with Gasteiger partial charge in [-0.25, -0.2) is 4.39 Å². The second-order valence-electron chi connectivity index (χ2n) is 4.78. The summed E-state index contributed by atoms with van der Waals surface area (Å²) in [6.07, 6.45) is 0.216. The number of amides is 2. The fourth-order valence-electron chi connectivity index (χ4n) is 2.16. The highest BCUT2D eigenvalue weighted by atomic mass is 19.1. The predicted octanol–water partition coefficient (Wildman–Crippen LogP) is 1.03. The van der Waals surface area contributed by atoms with Crippen LogP contribution in [-0.4, -0.2) is 23.3 Å². The molecule has 20 heavy (non-hydrogen) atoms. The lowest BCUT2D eigenvalue weighted by atomic mass is 10.1. The van der Waals surface area contributed by atoms with Crippen LogP contribution < -0.4 is 5.73 Å². The van der Waals surface area contributed by atoms with E-state index in [1.807, 2.05) is 0 Å². The molecule has 0 bridgehead atoms. The zero-order valence-electron chi connectivity index (χ0n) is 11.1. The molecule has 1 unspecified atom stereocenters. The number of carbonyl (C=O) groups is 2. The van der Waals surface area contributed by atoms with Crippen molar-refractivity contribution in [1.29, 1.82) is 0 Å². The summed E-state index contributed by atoms with van der Waals surface area (Å²) < 4.78 is 13.5. The highest BCUT2D eigenvalue weighted by Crippen LogP contribution is 2.21. The third kappa shape index (κ3) is 3.03. The Bertz CT molecular complexity index is 616. The monoisotopic (exact) mass is 274 g/mol. The summed E-state index contributed by atoms with van der Waals surface area (Å²) in [5, 5.41) is 0. The third-order valence-electron chi connectivity index (χ3n) is 3.10. The summed E-state index contributed by atoms with van der Waals surface area (Å²) in [6, 6.07) is 4.26. The molecule has 1 aromatic carbocycles. The molecule has 1 saturated heterocycles. The van der Waals surface area contributed by atoms with Crippen molar-refractivity contribution in [3.63, 3.8) is 0 Å². The molecule has 0 spiro atoms. The van der Waals surface area contributed by atoms with Gasteiger partial charge >= 0.3 is 0 Å². The molecule has 2 rings (SSSR count). The molecule has 0 aromatic heterocycles. The molecule has 2 N–H and O–H groups in total. The molecule has 1 aliphatic heterocycles. The van der Waals surface area contributed by atoms with Gasteiger partial charge in [-0.2, -0.15) is 0 Å². The number of rotatable bonds is 2. The summed E-state index contributed by atoms with van der Waals surface area (Å²) in [7, 11) is 0. The number of halogens is 1. The van der Waals surface area contributed by atoms with Crippen molar-refractivity contribution in [2.24, 2.45) is 11.7 Å². The van der Waals surface area contributed by atoms with Crippen molar-refractivity contribution in [2.75, 3.05) is 6.54 Å². The van der Waals surface area contributed by atoms with E-state index < -0.39 is 5.82 Å². The van der Waals surface area contributed by atoms with Gasteiger partial charge < -0.3 is 5.73 Å². The smallest absolute Gasteiger partial charge is 0.232 e. The molecule has 1 fully saturated rings. The largest absolute Gasteiger partial charge is 0.320 e. The van der Waals surface area contributed by atoms with Crippen molar-refractivity contribution >= 4 is 11.8 Å². The van der Waals surface area contributed by atoms with Crippen LogP contribution in [0.25, 0.3) is 0 Å². The van der Waals surface area contributed by atoms with Crippen molar-refractivity contribution in [3.05, 3.63) is 35.1 Å². The van der Waals surface area contributed by atoms with E-state index in [9.17, 15) is 14.0 Å². The molecular weight excluding hydrogens is 259 g/mol. The normalized spacial score (nSPS) is 18.1. The first-order valence-corrected chi connectivity index (χ1v) is 6.34. The number of nitrogens with two attached hydrogens (primary N) is 1. The minimum atomic E-state index is -0.448. The maximum atomic E-state index is 13.5. The highest BCUT2D eigenvalue weighted by molar-refractivity contribution is 6.03. The molecule has 104 valence electrons. The van der Waals surface area contributed by atoms with Crippen LogP contribution in [0.4, 0.5) is 4.39 Å². The molecule has 0 aliphatic carbocycles. The van der Waals surface area contributed by atoms with Crippen molar-refractivity contribution in [1.82, 2.24) is 4.90 Å². The first-order valence-electron chi connectivity index (χ1n) is 6.34. The Kier molecular flexibility index (Phi) is 4.16. The van der Waals surface area contributed by atoms with Gasteiger partial charge in [0.05, 0.1) is 13.1 Å². The summed E-state index contributed by atoms with van der Waals surface area (Å²) in [5.74, 6) is 4.20.